The van der Waals surface area contributed by atoms with Crippen LogP contribution in [0.25, 0.3) is 0 Å². The van der Waals surface area contributed by atoms with Gasteiger partial charge in [-0.25, -0.2) is 0 Å². The third-order valence-electron chi connectivity index (χ3n) is 5.28. The van der Waals surface area contributed by atoms with Gasteiger partial charge < -0.3 is 9.80 Å². The van der Waals surface area contributed by atoms with Crippen LogP contribution < -0.4 is 4.90 Å². The van der Waals surface area contributed by atoms with E-state index in [0.717, 1.165) is 24.1 Å². The van der Waals surface area contributed by atoms with E-state index in [2.05, 4.69) is 6.07 Å². The minimum Gasteiger partial charge on any atom is -0.342 e. The van der Waals surface area contributed by atoms with E-state index in [4.69, 9.17) is 0 Å². The van der Waals surface area contributed by atoms with Crippen LogP contribution in [0.4, 0.5) is 5.69 Å². The summed E-state index contributed by atoms with van der Waals surface area (Å²) < 4.78 is 0. The van der Waals surface area contributed by atoms with Crippen LogP contribution in [-0.4, -0.2) is 36.3 Å². The fraction of sp³-hybridized carbons (Fsp3) is 0.391. The van der Waals surface area contributed by atoms with Gasteiger partial charge in [0.2, 0.25) is 11.8 Å². The number of rotatable bonds is 5. The number of nitrogens with zero attached hydrogens (tertiary/aromatic N) is 2. The Morgan fingerprint density at radius 3 is 2.37 bits per heavy atom. The summed E-state index contributed by atoms with van der Waals surface area (Å²) >= 11 is 0. The van der Waals surface area contributed by atoms with Gasteiger partial charge in [0.1, 0.15) is 0 Å². The van der Waals surface area contributed by atoms with Crippen molar-refractivity contribution < 1.29 is 9.59 Å². The summed E-state index contributed by atoms with van der Waals surface area (Å²) in [6.45, 7) is 6.03. The van der Waals surface area contributed by atoms with Crippen LogP contribution in [0.2, 0.25) is 0 Å². The van der Waals surface area contributed by atoms with Crippen molar-refractivity contribution in [1.29, 1.82) is 0 Å². The van der Waals surface area contributed by atoms with E-state index in [1.54, 1.807) is 0 Å². The van der Waals surface area contributed by atoms with Crippen LogP contribution in [0.3, 0.4) is 0 Å². The van der Waals surface area contributed by atoms with Gasteiger partial charge in [0.15, 0.2) is 0 Å². The predicted molar refractivity (Wildman–Crippen MR) is 109 cm³/mol. The summed E-state index contributed by atoms with van der Waals surface area (Å²) in [7, 11) is 0. The molecule has 4 heteroatoms. The Kier molecular flexibility index (Phi) is 6.28. The Hall–Kier alpha value is -2.62. The van der Waals surface area contributed by atoms with Gasteiger partial charge in [-0.15, -0.1) is 0 Å². The lowest BCUT2D eigenvalue weighted by Crippen LogP contribution is -2.45. The molecule has 0 N–H and O–H groups in total. The smallest absolute Gasteiger partial charge is 0.230 e. The number of hydrogen-bond donors (Lipinski definition) is 0. The molecule has 0 aromatic heterocycles. The van der Waals surface area contributed by atoms with Gasteiger partial charge in [0.05, 0.1) is 6.42 Å². The Morgan fingerprint density at radius 2 is 1.74 bits per heavy atom. The molecule has 27 heavy (non-hydrogen) atoms. The first-order chi connectivity index (χ1) is 13.1. The molecule has 0 spiro atoms. The minimum atomic E-state index is -0.00632. The Labute approximate surface area is 161 Å². The quantitative estimate of drug-likeness (QED) is 0.809. The molecule has 2 amide bonds. The lowest BCUT2D eigenvalue weighted by Gasteiger charge is -2.34. The van der Waals surface area contributed by atoms with Gasteiger partial charge in [-0.1, -0.05) is 48.0 Å². The van der Waals surface area contributed by atoms with Gasteiger partial charge in [0.25, 0.3) is 0 Å². The van der Waals surface area contributed by atoms with Crippen molar-refractivity contribution in [3.05, 3.63) is 65.7 Å². The predicted octanol–water partition coefficient (Wildman–Crippen LogP) is 3.83. The van der Waals surface area contributed by atoms with Gasteiger partial charge in [-0.2, -0.15) is 0 Å². The number of amides is 2. The molecule has 0 aliphatic carbocycles. The first kappa shape index (κ1) is 19.2. The normalized spacial score (nSPS) is 14.8. The van der Waals surface area contributed by atoms with Crippen LogP contribution >= 0.6 is 0 Å². The zero-order chi connectivity index (χ0) is 19.2. The lowest BCUT2D eigenvalue weighted by molar-refractivity contribution is -0.134. The summed E-state index contributed by atoms with van der Waals surface area (Å²) in [5.74, 6) is 0.324. The molecule has 3 rings (SSSR count). The molecule has 1 aliphatic rings. The number of carbonyl (C=O) groups excluding carboxylic acids is 2. The van der Waals surface area contributed by atoms with Crippen LogP contribution in [0.1, 0.15) is 30.9 Å². The van der Waals surface area contributed by atoms with Crippen LogP contribution in [0, 0.1) is 12.8 Å². The maximum Gasteiger partial charge on any atom is 0.230 e. The van der Waals surface area contributed by atoms with Crippen LogP contribution in [0.5, 0.6) is 0 Å². The standard InChI is InChI=1S/C23H28N2O2/c1-3-25(21-10-5-4-6-11-21)23(27)20-12-14-24(15-13-20)22(26)17-19-9-7-8-18(2)16-19/h4-11,16,20H,3,12-15,17H2,1-2H3. The number of benzene rings is 2. The number of hydrogen-bond acceptors (Lipinski definition) is 2. The minimum absolute atomic E-state index is 0.00632. The van der Waals surface area contributed by atoms with E-state index in [-0.39, 0.29) is 17.7 Å². The molecule has 1 fully saturated rings. The molecule has 0 unspecified atom stereocenters. The van der Waals surface area contributed by atoms with Crippen molar-refractivity contribution in [3.63, 3.8) is 0 Å². The van der Waals surface area contributed by atoms with Crippen LogP contribution in [-0.2, 0) is 16.0 Å². The Morgan fingerprint density at radius 1 is 1.04 bits per heavy atom. The maximum absolute atomic E-state index is 13.0. The molecule has 1 saturated heterocycles. The molecule has 142 valence electrons. The molecule has 0 saturated carbocycles. The number of anilines is 1. The number of likely N-dealkylation sites (tertiary alicyclic amines) is 1. The molecular formula is C23H28N2O2. The molecule has 1 aliphatic heterocycles. The summed E-state index contributed by atoms with van der Waals surface area (Å²) in [4.78, 5) is 29.3. The highest BCUT2D eigenvalue weighted by atomic mass is 16.2. The topological polar surface area (TPSA) is 40.6 Å². The second-order valence-electron chi connectivity index (χ2n) is 7.24. The van der Waals surface area contributed by atoms with Crippen molar-refractivity contribution in [2.75, 3.05) is 24.5 Å². The molecule has 2 aromatic rings. The molecular weight excluding hydrogens is 336 g/mol. The van der Waals surface area contributed by atoms with Crippen molar-refractivity contribution in [3.8, 4) is 0 Å². The summed E-state index contributed by atoms with van der Waals surface area (Å²) in [5, 5.41) is 0. The van der Waals surface area contributed by atoms with Crippen LogP contribution in [0.15, 0.2) is 54.6 Å². The average molecular weight is 364 g/mol. The monoisotopic (exact) mass is 364 g/mol. The van der Waals surface area contributed by atoms with E-state index in [0.29, 0.717) is 26.1 Å². The molecule has 0 atom stereocenters. The summed E-state index contributed by atoms with van der Waals surface area (Å²) in [6, 6.07) is 17.9. The number of aryl methyl sites for hydroxylation is 1. The second kappa shape index (κ2) is 8.85. The average Bonchev–Trinajstić information content (AvgIpc) is 2.69. The largest absolute Gasteiger partial charge is 0.342 e. The molecule has 4 nitrogen and oxygen atoms in total. The second-order valence-corrected chi connectivity index (χ2v) is 7.24. The van der Waals surface area contributed by atoms with Crippen molar-refractivity contribution >= 4 is 17.5 Å². The van der Waals surface area contributed by atoms with E-state index in [1.807, 2.05) is 72.2 Å². The number of piperidine rings is 1. The maximum atomic E-state index is 13.0. The molecule has 2 aromatic carbocycles. The van der Waals surface area contributed by atoms with Crippen molar-refractivity contribution in [2.24, 2.45) is 5.92 Å². The highest BCUT2D eigenvalue weighted by Gasteiger charge is 2.30. The molecule has 1 heterocycles. The number of carbonyl (C=O) groups is 2. The van der Waals surface area contributed by atoms with Gasteiger partial charge in [-0.3, -0.25) is 9.59 Å². The van der Waals surface area contributed by atoms with E-state index in [9.17, 15) is 9.59 Å². The van der Waals surface area contributed by atoms with Gasteiger partial charge in [-0.05, 0) is 44.4 Å². The summed E-state index contributed by atoms with van der Waals surface area (Å²) in [6.07, 6.45) is 1.91. The Balaban J connectivity index is 1.56. The molecule has 0 bridgehead atoms. The van der Waals surface area contributed by atoms with Gasteiger partial charge in [0, 0.05) is 31.2 Å². The van der Waals surface area contributed by atoms with E-state index in [1.165, 1.54) is 5.56 Å². The zero-order valence-electron chi connectivity index (χ0n) is 16.2. The first-order valence-corrected chi connectivity index (χ1v) is 9.78. The van der Waals surface area contributed by atoms with Crippen molar-refractivity contribution in [1.82, 2.24) is 4.90 Å². The fourth-order valence-electron chi connectivity index (χ4n) is 3.78. The first-order valence-electron chi connectivity index (χ1n) is 9.78. The molecule has 0 radical (unpaired) electrons. The third-order valence-corrected chi connectivity index (χ3v) is 5.28. The highest BCUT2D eigenvalue weighted by Crippen LogP contribution is 2.24. The van der Waals surface area contributed by atoms with Gasteiger partial charge >= 0.3 is 0 Å². The SMILES string of the molecule is CCN(C(=O)C1CCN(C(=O)Cc2cccc(C)c2)CC1)c1ccccc1. The van der Waals surface area contributed by atoms with E-state index < -0.39 is 0 Å². The zero-order valence-corrected chi connectivity index (χ0v) is 16.2. The fourth-order valence-corrected chi connectivity index (χ4v) is 3.78. The lowest BCUT2D eigenvalue weighted by atomic mass is 9.94. The number of para-hydroxylation sites is 1. The van der Waals surface area contributed by atoms with E-state index >= 15 is 0 Å². The highest BCUT2D eigenvalue weighted by molar-refractivity contribution is 5.95. The third kappa shape index (κ3) is 4.76. The Bertz CT molecular complexity index is 780. The summed E-state index contributed by atoms with van der Waals surface area (Å²) in [5.41, 5.74) is 3.17. The van der Waals surface area contributed by atoms with Crippen molar-refractivity contribution in [2.45, 2.75) is 33.1 Å².